The highest BCUT2D eigenvalue weighted by atomic mass is 79.9. The number of carbonyl (C=O) groups excluding carboxylic acids is 1. The van der Waals surface area contributed by atoms with E-state index in [-0.39, 0.29) is 11.1 Å². The fourth-order valence-corrected chi connectivity index (χ4v) is 1.77. The van der Waals surface area contributed by atoms with E-state index in [1.165, 1.54) is 10.6 Å². The highest BCUT2D eigenvalue weighted by Gasteiger charge is 2.10. The summed E-state index contributed by atoms with van der Waals surface area (Å²) in [5, 5.41) is 2.68. The minimum atomic E-state index is -0.404. The van der Waals surface area contributed by atoms with Crippen LogP contribution in [0.4, 0.5) is 5.69 Å². The number of benzene rings is 1. The van der Waals surface area contributed by atoms with Crippen molar-refractivity contribution in [2.24, 2.45) is 7.05 Å². The van der Waals surface area contributed by atoms with Gasteiger partial charge >= 0.3 is 0 Å². The molecule has 1 aromatic carbocycles. The molecule has 0 unspecified atom stereocenters. The average Bonchev–Trinajstić information content (AvgIpc) is 2.35. The lowest BCUT2D eigenvalue weighted by Gasteiger charge is -2.05. The molecule has 5 heteroatoms. The predicted molar refractivity (Wildman–Crippen MR) is 73.8 cm³/mol. The second-order valence-electron chi connectivity index (χ2n) is 3.80. The molecular formula is C13H11BrN2O2. The fraction of sp³-hybridized carbons (Fsp3) is 0.0769. The molecule has 0 aliphatic heterocycles. The van der Waals surface area contributed by atoms with Crippen molar-refractivity contribution < 1.29 is 4.79 Å². The first kappa shape index (κ1) is 12.6. The third kappa shape index (κ3) is 2.68. The Morgan fingerprint density at radius 1 is 1.22 bits per heavy atom. The van der Waals surface area contributed by atoms with Crippen LogP contribution in [0.3, 0.4) is 0 Å². The highest BCUT2D eigenvalue weighted by Crippen LogP contribution is 2.14. The van der Waals surface area contributed by atoms with Crippen LogP contribution >= 0.6 is 15.9 Å². The standard InChI is InChI=1S/C13H11BrN2O2/c1-16-8-2-3-11(13(16)18)12(17)15-10-6-4-9(14)5-7-10/h2-8H,1H3,(H,15,17). The zero-order valence-electron chi connectivity index (χ0n) is 9.68. The van der Waals surface area contributed by atoms with Gasteiger partial charge in [-0.2, -0.15) is 0 Å². The maximum absolute atomic E-state index is 11.9. The van der Waals surface area contributed by atoms with Crippen LogP contribution in [0.15, 0.2) is 51.9 Å². The predicted octanol–water partition coefficient (Wildman–Crippen LogP) is 2.40. The highest BCUT2D eigenvalue weighted by molar-refractivity contribution is 9.10. The Balaban J connectivity index is 2.25. The van der Waals surface area contributed by atoms with Crippen LogP contribution in [0.5, 0.6) is 0 Å². The van der Waals surface area contributed by atoms with Gasteiger partial charge in [0.2, 0.25) is 0 Å². The quantitative estimate of drug-likeness (QED) is 0.926. The molecule has 0 radical (unpaired) electrons. The van der Waals surface area contributed by atoms with E-state index < -0.39 is 5.91 Å². The molecule has 0 bridgehead atoms. The molecule has 1 aromatic heterocycles. The summed E-state index contributed by atoms with van der Waals surface area (Å²) in [6.45, 7) is 0. The Labute approximate surface area is 112 Å². The minimum Gasteiger partial charge on any atom is -0.322 e. The maximum Gasteiger partial charge on any atom is 0.263 e. The number of aromatic nitrogens is 1. The van der Waals surface area contributed by atoms with Crippen LogP contribution in [-0.4, -0.2) is 10.5 Å². The van der Waals surface area contributed by atoms with Crippen LogP contribution in [0.2, 0.25) is 0 Å². The Morgan fingerprint density at radius 3 is 2.56 bits per heavy atom. The fourth-order valence-electron chi connectivity index (χ4n) is 1.50. The molecule has 1 N–H and O–H groups in total. The van der Waals surface area contributed by atoms with Gasteiger partial charge in [0.15, 0.2) is 0 Å². The number of rotatable bonds is 2. The number of carbonyl (C=O) groups is 1. The van der Waals surface area contributed by atoms with Gasteiger partial charge in [-0.3, -0.25) is 9.59 Å². The van der Waals surface area contributed by atoms with Crippen molar-refractivity contribution in [1.29, 1.82) is 0 Å². The lowest BCUT2D eigenvalue weighted by atomic mass is 10.2. The van der Waals surface area contributed by atoms with Crippen molar-refractivity contribution in [3.63, 3.8) is 0 Å². The van der Waals surface area contributed by atoms with E-state index >= 15 is 0 Å². The summed E-state index contributed by atoms with van der Waals surface area (Å²) in [4.78, 5) is 23.7. The molecular weight excluding hydrogens is 296 g/mol. The minimum absolute atomic E-state index is 0.128. The van der Waals surface area contributed by atoms with Crippen molar-refractivity contribution in [2.75, 3.05) is 5.32 Å². The Morgan fingerprint density at radius 2 is 1.89 bits per heavy atom. The molecule has 0 saturated heterocycles. The van der Waals surface area contributed by atoms with Crippen LogP contribution in [-0.2, 0) is 7.05 Å². The van der Waals surface area contributed by atoms with Crippen molar-refractivity contribution in [2.45, 2.75) is 0 Å². The molecule has 2 aromatic rings. The summed E-state index contributed by atoms with van der Waals surface area (Å²) in [6, 6.07) is 10.3. The molecule has 92 valence electrons. The third-order valence-electron chi connectivity index (χ3n) is 2.47. The Bertz CT molecular complexity index is 632. The number of pyridine rings is 1. The molecule has 4 nitrogen and oxygen atoms in total. The second kappa shape index (κ2) is 5.18. The van der Waals surface area contributed by atoms with Gasteiger partial charge in [0.1, 0.15) is 5.56 Å². The molecule has 0 aliphatic carbocycles. The summed E-state index contributed by atoms with van der Waals surface area (Å²) in [6.07, 6.45) is 1.61. The number of halogens is 1. The molecule has 2 rings (SSSR count). The SMILES string of the molecule is Cn1cccc(C(=O)Nc2ccc(Br)cc2)c1=O. The van der Waals surface area contributed by atoms with Crippen LogP contribution < -0.4 is 10.9 Å². The zero-order chi connectivity index (χ0) is 13.1. The summed E-state index contributed by atoms with van der Waals surface area (Å²) in [7, 11) is 1.61. The maximum atomic E-state index is 11.9. The number of nitrogens with zero attached hydrogens (tertiary/aromatic N) is 1. The molecule has 18 heavy (non-hydrogen) atoms. The van der Waals surface area contributed by atoms with E-state index in [4.69, 9.17) is 0 Å². The van der Waals surface area contributed by atoms with Gasteiger partial charge < -0.3 is 9.88 Å². The number of hydrogen-bond acceptors (Lipinski definition) is 2. The summed E-state index contributed by atoms with van der Waals surface area (Å²) in [5.41, 5.74) is 0.462. The van der Waals surface area contributed by atoms with E-state index in [9.17, 15) is 9.59 Å². The molecule has 0 fully saturated rings. The van der Waals surface area contributed by atoms with Crippen molar-refractivity contribution >= 4 is 27.5 Å². The Hall–Kier alpha value is -1.88. The summed E-state index contributed by atoms with van der Waals surface area (Å²) in [5.74, 6) is -0.404. The van der Waals surface area contributed by atoms with Crippen molar-refractivity contribution in [1.82, 2.24) is 4.57 Å². The smallest absolute Gasteiger partial charge is 0.263 e. The van der Waals surface area contributed by atoms with Gasteiger partial charge in [-0.15, -0.1) is 0 Å². The van der Waals surface area contributed by atoms with Gasteiger partial charge in [-0.1, -0.05) is 15.9 Å². The largest absolute Gasteiger partial charge is 0.322 e. The normalized spacial score (nSPS) is 10.1. The van der Waals surface area contributed by atoms with Crippen LogP contribution in [0, 0.1) is 0 Å². The van der Waals surface area contributed by atoms with Crippen LogP contribution in [0.25, 0.3) is 0 Å². The van der Waals surface area contributed by atoms with E-state index in [0.717, 1.165) is 4.47 Å². The van der Waals surface area contributed by atoms with E-state index in [0.29, 0.717) is 5.69 Å². The monoisotopic (exact) mass is 306 g/mol. The van der Waals surface area contributed by atoms with E-state index in [2.05, 4.69) is 21.2 Å². The van der Waals surface area contributed by atoms with Crippen molar-refractivity contribution in [3.05, 3.63) is 63.0 Å². The molecule has 1 amide bonds. The second-order valence-corrected chi connectivity index (χ2v) is 4.71. The van der Waals surface area contributed by atoms with Crippen molar-refractivity contribution in [3.8, 4) is 0 Å². The third-order valence-corrected chi connectivity index (χ3v) is 3.00. The zero-order valence-corrected chi connectivity index (χ0v) is 11.3. The number of anilines is 1. The van der Waals surface area contributed by atoms with Crippen LogP contribution in [0.1, 0.15) is 10.4 Å². The van der Waals surface area contributed by atoms with E-state index in [1.54, 1.807) is 31.4 Å². The number of aryl methyl sites for hydroxylation is 1. The van der Waals surface area contributed by atoms with Gasteiger partial charge in [0.05, 0.1) is 0 Å². The lowest BCUT2D eigenvalue weighted by molar-refractivity contribution is 0.102. The van der Waals surface area contributed by atoms with Gasteiger partial charge in [-0.25, -0.2) is 0 Å². The molecule has 1 heterocycles. The number of hydrogen-bond donors (Lipinski definition) is 1. The topological polar surface area (TPSA) is 51.1 Å². The van der Waals surface area contributed by atoms with Gasteiger partial charge in [0.25, 0.3) is 11.5 Å². The Kier molecular flexibility index (Phi) is 3.62. The molecule has 0 atom stereocenters. The van der Waals surface area contributed by atoms with Gasteiger partial charge in [-0.05, 0) is 36.4 Å². The lowest BCUT2D eigenvalue weighted by Crippen LogP contribution is -2.26. The van der Waals surface area contributed by atoms with Gasteiger partial charge in [0, 0.05) is 23.4 Å². The average molecular weight is 307 g/mol. The first-order valence-corrected chi connectivity index (χ1v) is 6.10. The number of nitrogens with one attached hydrogen (secondary N) is 1. The molecule has 0 saturated carbocycles. The number of amides is 1. The molecule has 0 spiro atoms. The summed E-state index contributed by atoms with van der Waals surface area (Å²) >= 11 is 3.31. The summed E-state index contributed by atoms with van der Waals surface area (Å²) < 4.78 is 2.30. The van der Waals surface area contributed by atoms with E-state index in [1.807, 2.05) is 12.1 Å². The molecule has 0 aliphatic rings. The first-order valence-electron chi connectivity index (χ1n) is 5.30. The first-order chi connectivity index (χ1) is 8.58.